The molecule has 0 saturated carbocycles. The summed E-state index contributed by atoms with van der Waals surface area (Å²) in [4.78, 5) is 28.1. The average molecular weight is 593 g/mol. The number of anilines is 1. The maximum absolute atomic E-state index is 13.1. The predicted octanol–water partition coefficient (Wildman–Crippen LogP) is 7.18. The summed E-state index contributed by atoms with van der Waals surface area (Å²) < 4.78 is 7.05. The molecule has 1 atom stereocenters. The van der Waals surface area contributed by atoms with Gasteiger partial charge in [-0.1, -0.05) is 54.6 Å². The molecule has 3 heterocycles. The van der Waals surface area contributed by atoms with Gasteiger partial charge in [0, 0.05) is 32.8 Å². The van der Waals surface area contributed by atoms with E-state index in [0.29, 0.717) is 28.2 Å². The van der Waals surface area contributed by atoms with Gasteiger partial charge in [0.15, 0.2) is 11.0 Å². The second-order valence-electron chi connectivity index (χ2n) is 10.0. The lowest BCUT2D eigenvalue weighted by molar-refractivity contribution is -0.113. The van der Waals surface area contributed by atoms with Crippen molar-refractivity contribution in [3.05, 3.63) is 68.7 Å². The average Bonchev–Trinajstić information content (AvgIpc) is 3.62. The normalized spacial score (nSPS) is 14.6. The van der Waals surface area contributed by atoms with Crippen molar-refractivity contribution in [2.75, 3.05) is 18.2 Å². The largest absolute Gasteiger partial charge is 0.465 e. The van der Waals surface area contributed by atoms with E-state index in [1.165, 1.54) is 40.6 Å². The van der Waals surface area contributed by atoms with E-state index in [4.69, 9.17) is 4.74 Å². The van der Waals surface area contributed by atoms with Gasteiger partial charge < -0.3 is 10.1 Å². The highest BCUT2D eigenvalue weighted by Crippen LogP contribution is 2.41. The first kappa shape index (κ1) is 28.3. The number of thiophene rings is 2. The van der Waals surface area contributed by atoms with Crippen molar-refractivity contribution in [2.45, 2.75) is 51.7 Å². The van der Waals surface area contributed by atoms with Crippen LogP contribution in [0.15, 0.2) is 47.5 Å². The van der Waals surface area contributed by atoms with Crippen LogP contribution in [0, 0.1) is 19.8 Å². The minimum Gasteiger partial charge on any atom is -0.465 e. The smallest absolute Gasteiger partial charge is 0.341 e. The molecule has 3 aromatic heterocycles. The number of hydrogen-bond acceptors (Lipinski definition) is 8. The number of carbonyl (C=O) groups is 2. The lowest BCUT2D eigenvalue weighted by Crippen LogP contribution is -2.17. The summed E-state index contributed by atoms with van der Waals surface area (Å²) in [7, 11) is 1.38. The molecule has 7 nitrogen and oxygen atoms in total. The molecule has 208 valence electrons. The van der Waals surface area contributed by atoms with Crippen LogP contribution in [-0.4, -0.2) is 39.5 Å². The van der Waals surface area contributed by atoms with Gasteiger partial charge in [0.25, 0.3) is 0 Å². The second-order valence-corrected chi connectivity index (χ2v) is 13.2. The van der Waals surface area contributed by atoms with Crippen LogP contribution in [0.25, 0.3) is 22.5 Å². The van der Waals surface area contributed by atoms with Crippen LogP contribution in [0.1, 0.15) is 44.6 Å². The number of carbonyl (C=O) groups excluding carboxylic acids is 2. The molecule has 0 radical (unpaired) electrons. The Morgan fingerprint density at radius 2 is 2.02 bits per heavy atom. The Hall–Kier alpha value is -3.21. The molecule has 4 aromatic rings. The topological polar surface area (TPSA) is 86.1 Å². The van der Waals surface area contributed by atoms with Gasteiger partial charge in [-0.05, 0) is 50.2 Å². The van der Waals surface area contributed by atoms with Gasteiger partial charge in [0.1, 0.15) is 5.00 Å². The molecule has 1 aliphatic rings. The number of aromatic nitrogens is 3. The molecule has 40 heavy (non-hydrogen) atoms. The first-order valence-corrected chi connectivity index (χ1v) is 15.8. The molecule has 1 amide bonds. The van der Waals surface area contributed by atoms with Crippen molar-refractivity contribution >= 4 is 51.3 Å². The number of hydrogen-bond donors (Lipinski definition) is 1. The van der Waals surface area contributed by atoms with E-state index in [1.807, 2.05) is 10.6 Å². The van der Waals surface area contributed by atoms with E-state index in [-0.39, 0.29) is 11.7 Å². The number of fused-ring (bicyclic) bond motifs is 1. The first-order valence-electron chi connectivity index (χ1n) is 13.2. The highest BCUT2D eigenvalue weighted by molar-refractivity contribution is 7.99. The molecule has 0 saturated heterocycles. The molecular weight excluding hydrogens is 561 g/mol. The molecule has 0 aliphatic heterocycles. The van der Waals surface area contributed by atoms with Gasteiger partial charge in [-0.2, -0.15) is 0 Å². The number of ether oxygens (including phenoxy) is 1. The summed E-state index contributed by atoms with van der Waals surface area (Å²) in [6, 6.07) is 8.49. The molecule has 0 fully saturated rings. The molecule has 1 N–H and O–H groups in total. The van der Waals surface area contributed by atoms with Crippen molar-refractivity contribution in [3.8, 4) is 22.5 Å². The molecular formula is C30H32N4O3S3. The lowest BCUT2D eigenvalue weighted by Gasteiger charge is -2.18. The molecule has 0 spiro atoms. The number of nitrogens with zero attached hydrogens (tertiary/aromatic N) is 3. The monoisotopic (exact) mass is 592 g/mol. The summed E-state index contributed by atoms with van der Waals surface area (Å²) in [5, 5.41) is 15.3. The Bertz CT molecular complexity index is 1570. The van der Waals surface area contributed by atoms with Gasteiger partial charge in [-0.3, -0.25) is 9.36 Å². The molecule has 10 heteroatoms. The van der Waals surface area contributed by atoms with Gasteiger partial charge >= 0.3 is 5.97 Å². The number of thioether (sulfide) groups is 1. The van der Waals surface area contributed by atoms with E-state index in [9.17, 15) is 9.59 Å². The Balaban J connectivity index is 1.37. The number of aryl methyl sites for hydroxylation is 2. The van der Waals surface area contributed by atoms with Gasteiger partial charge in [0.05, 0.1) is 18.4 Å². The molecule has 0 bridgehead atoms. The Labute approximate surface area is 246 Å². The highest BCUT2D eigenvalue weighted by atomic mass is 32.2. The zero-order chi connectivity index (χ0) is 28.4. The molecule has 1 aliphatic carbocycles. The van der Waals surface area contributed by atoms with Gasteiger partial charge in [-0.25, -0.2) is 4.79 Å². The van der Waals surface area contributed by atoms with Crippen molar-refractivity contribution in [1.29, 1.82) is 0 Å². The molecule has 5 rings (SSSR count). The number of methoxy groups -OCH3 is 1. The van der Waals surface area contributed by atoms with Crippen LogP contribution in [0.3, 0.4) is 0 Å². The summed E-state index contributed by atoms with van der Waals surface area (Å²) in [6.45, 7) is 10.8. The number of allylic oxidation sites excluding steroid dienone is 1. The third-order valence-electron chi connectivity index (χ3n) is 7.07. The summed E-state index contributed by atoms with van der Waals surface area (Å²) in [6.07, 6.45) is 4.56. The lowest BCUT2D eigenvalue weighted by atomic mass is 9.88. The Kier molecular flexibility index (Phi) is 8.58. The third kappa shape index (κ3) is 5.66. The summed E-state index contributed by atoms with van der Waals surface area (Å²) in [5.74, 6) is 0.821. The van der Waals surface area contributed by atoms with Crippen LogP contribution in [0.2, 0.25) is 0 Å². The fourth-order valence-corrected chi connectivity index (χ4v) is 8.06. The Morgan fingerprint density at radius 1 is 1.25 bits per heavy atom. The van der Waals surface area contributed by atoms with E-state index < -0.39 is 5.97 Å². The number of nitrogens with one attached hydrogen (secondary N) is 1. The van der Waals surface area contributed by atoms with Crippen LogP contribution in [-0.2, 0) is 28.9 Å². The third-order valence-corrected chi connectivity index (χ3v) is 10.1. The van der Waals surface area contributed by atoms with E-state index in [1.54, 1.807) is 11.3 Å². The molecule has 1 unspecified atom stereocenters. The minimum absolute atomic E-state index is 0.127. The van der Waals surface area contributed by atoms with Gasteiger partial charge in [0.2, 0.25) is 5.91 Å². The van der Waals surface area contributed by atoms with Crippen molar-refractivity contribution in [2.24, 2.45) is 5.92 Å². The zero-order valence-corrected chi connectivity index (χ0v) is 25.5. The predicted molar refractivity (Wildman–Crippen MR) is 165 cm³/mol. The highest BCUT2D eigenvalue weighted by Gasteiger charge is 2.29. The maximum atomic E-state index is 13.1. The first-order chi connectivity index (χ1) is 19.3. The molecule has 1 aromatic carbocycles. The minimum atomic E-state index is -0.402. The van der Waals surface area contributed by atoms with Crippen molar-refractivity contribution in [1.82, 2.24) is 14.8 Å². The number of rotatable bonds is 9. The van der Waals surface area contributed by atoms with E-state index in [0.717, 1.165) is 52.2 Å². The maximum Gasteiger partial charge on any atom is 0.341 e. The Morgan fingerprint density at radius 3 is 2.75 bits per heavy atom. The SMILES string of the molecule is C=CCn1c(SCC(=O)Nc2sc3c(c2C(=O)OC)CCC(C)C3)nnc1-c1csc(C)c1-c1ccc(C)cc1. The second kappa shape index (κ2) is 12.1. The van der Waals surface area contributed by atoms with Crippen LogP contribution >= 0.6 is 34.4 Å². The summed E-state index contributed by atoms with van der Waals surface area (Å²) >= 11 is 4.49. The number of benzene rings is 1. The van der Waals surface area contributed by atoms with E-state index in [2.05, 4.69) is 72.5 Å². The zero-order valence-electron chi connectivity index (χ0n) is 23.1. The van der Waals surface area contributed by atoms with Gasteiger partial charge in [-0.15, -0.1) is 39.4 Å². The van der Waals surface area contributed by atoms with E-state index >= 15 is 0 Å². The van der Waals surface area contributed by atoms with Crippen LogP contribution in [0.4, 0.5) is 5.00 Å². The number of esters is 1. The fourth-order valence-electron chi connectivity index (χ4n) is 5.04. The fraction of sp³-hybridized carbons (Fsp3) is 0.333. The van der Waals surface area contributed by atoms with Crippen LogP contribution < -0.4 is 5.32 Å². The standard InChI is InChI=1S/C30H32N4O3S3/c1-6-13-34-27(22-15-38-19(4)25(22)20-10-7-17(2)8-11-20)32-33-30(34)39-16-24(35)31-28-26(29(36)37-5)21-12-9-18(3)14-23(21)40-28/h6-8,10-11,15,18H,1,9,12-14,16H2,2-5H3,(H,31,35). The number of amides is 1. The van der Waals surface area contributed by atoms with Crippen molar-refractivity contribution < 1.29 is 14.3 Å². The van der Waals surface area contributed by atoms with Crippen molar-refractivity contribution in [3.63, 3.8) is 0 Å². The van der Waals surface area contributed by atoms with Crippen LogP contribution in [0.5, 0.6) is 0 Å². The quantitative estimate of drug-likeness (QED) is 0.126. The summed E-state index contributed by atoms with van der Waals surface area (Å²) in [5.41, 5.74) is 6.02.